The average Bonchev–Trinajstić information content (AvgIpc) is 2.49. The van der Waals surface area contributed by atoms with Crippen LogP contribution in [-0.4, -0.2) is 75.2 Å². The Morgan fingerprint density at radius 3 is 2.52 bits per heavy atom. The van der Waals surface area contributed by atoms with Crippen molar-refractivity contribution in [2.45, 2.75) is 19.4 Å². The highest BCUT2D eigenvalue weighted by Gasteiger charge is 2.20. The monoisotopic (exact) mass is 301 g/mol. The first-order valence-corrected chi connectivity index (χ1v) is 6.95. The van der Waals surface area contributed by atoms with Crippen molar-refractivity contribution in [3.8, 4) is 0 Å². The zero-order chi connectivity index (χ0) is 15.7. The molecule has 0 radical (unpaired) electrons. The molecule has 8 heteroatoms. The molecule has 8 nitrogen and oxygen atoms in total. The number of amides is 2. The molecule has 1 rings (SSSR count). The Hall–Kier alpha value is -1.67. The van der Waals surface area contributed by atoms with Crippen LogP contribution in [0.2, 0.25) is 0 Å². The minimum atomic E-state index is -0.744. The summed E-state index contributed by atoms with van der Waals surface area (Å²) in [5.74, 6) is -0.770. The molecule has 0 aromatic carbocycles. The van der Waals surface area contributed by atoms with Crippen LogP contribution >= 0.6 is 0 Å². The Morgan fingerprint density at radius 1 is 1.29 bits per heavy atom. The normalized spacial score (nSPS) is 16.2. The molecule has 0 aliphatic carbocycles. The second-order valence-electron chi connectivity index (χ2n) is 4.72. The van der Waals surface area contributed by atoms with Gasteiger partial charge in [0.05, 0.1) is 20.3 Å². The number of nitrogens with zero attached hydrogens (tertiary/aromatic N) is 1. The fraction of sp³-hybridized carbons (Fsp3) is 0.769. The van der Waals surface area contributed by atoms with Crippen molar-refractivity contribution < 1.29 is 23.9 Å². The van der Waals surface area contributed by atoms with E-state index >= 15 is 0 Å². The van der Waals surface area contributed by atoms with Crippen LogP contribution in [0, 0.1) is 0 Å². The summed E-state index contributed by atoms with van der Waals surface area (Å²) in [6.07, 6.45) is 0.341. The Balaban J connectivity index is 2.25. The largest absolute Gasteiger partial charge is 0.467 e. The van der Waals surface area contributed by atoms with Gasteiger partial charge < -0.3 is 25.0 Å². The van der Waals surface area contributed by atoms with Crippen molar-refractivity contribution in [2.75, 3.05) is 46.5 Å². The molecular formula is C13H23N3O5. The van der Waals surface area contributed by atoms with Gasteiger partial charge in [0.25, 0.3) is 0 Å². The minimum Gasteiger partial charge on any atom is -0.467 e. The quantitative estimate of drug-likeness (QED) is 0.439. The Morgan fingerprint density at radius 2 is 1.95 bits per heavy atom. The van der Waals surface area contributed by atoms with Gasteiger partial charge >= 0.3 is 5.97 Å². The number of hydrogen-bond acceptors (Lipinski definition) is 6. The molecule has 1 fully saturated rings. The van der Waals surface area contributed by atoms with Crippen molar-refractivity contribution in [1.82, 2.24) is 15.5 Å². The van der Waals surface area contributed by atoms with Gasteiger partial charge in [0.1, 0.15) is 6.04 Å². The average molecular weight is 301 g/mol. The summed E-state index contributed by atoms with van der Waals surface area (Å²) in [6.45, 7) is 4.38. The van der Waals surface area contributed by atoms with Crippen LogP contribution in [0.3, 0.4) is 0 Å². The molecular weight excluding hydrogens is 278 g/mol. The highest BCUT2D eigenvalue weighted by Crippen LogP contribution is 1.99. The number of morpholine rings is 1. The van der Waals surface area contributed by atoms with Crippen LogP contribution in [0.4, 0.5) is 0 Å². The maximum atomic E-state index is 11.9. The Labute approximate surface area is 124 Å². The second-order valence-corrected chi connectivity index (χ2v) is 4.72. The first-order chi connectivity index (χ1) is 10.0. The predicted octanol–water partition coefficient (Wildman–Crippen LogP) is -1.50. The summed E-state index contributed by atoms with van der Waals surface area (Å²) in [5, 5.41) is 5.48. The number of esters is 1. The highest BCUT2D eigenvalue weighted by atomic mass is 16.5. The molecule has 1 unspecified atom stereocenters. The summed E-state index contributed by atoms with van der Waals surface area (Å²) in [6, 6.07) is -0.744. The van der Waals surface area contributed by atoms with Crippen LogP contribution in [0.1, 0.15) is 13.3 Å². The molecule has 0 bridgehead atoms. The SMILES string of the molecule is COC(=O)C(CNCCC(=O)N1CCOCC1)NC(C)=O. The molecule has 0 aromatic rings. The molecule has 1 saturated heterocycles. The van der Waals surface area contributed by atoms with Gasteiger partial charge in [-0.3, -0.25) is 9.59 Å². The third kappa shape index (κ3) is 6.54. The van der Waals surface area contributed by atoms with E-state index in [4.69, 9.17) is 4.74 Å². The number of hydrogen-bond donors (Lipinski definition) is 2. The highest BCUT2D eigenvalue weighted by molar-refractivity contribution is 5.83. The lowest BCUT2D eigenvalue weighted by Crippen LogP contribution is -2.48. The van der Waals surface area contributed by atoms with Gasteiger partial charge in [-0.1, -0.05) is 0 Å². The second kappa shape index (κ2) is 9.30. The van der Waals surface area contributed by atoms with Crippen molar-refractivity contribution in [3.05, 3.63) is 0 Å². The van der Waals surface area contributed by atoms with Crippen LogP contribution < -0.4 is 10.6 Å². The Kier molecular flexibility index (Phi) is 7.70. The molecule has 21 heavy (non-hydrogen) atoms. The van der Waals surface area contributed by atoms with Crippen molar-refractivity contribution in [1.29, 1.82) is 0 Å². The minimum absolute atomic E-state index is 0.0555. The van der Waals surface area contributed by atoms with E-state index in [0.717, 1.165) is 0 Å². The fourth-order valence-electron chi connectivity index (χ4n) is 1.99. The molecule has 1 atom stereocenters. The molecule has 0 aromatic heterocycles. The molecule has 0 saturated carbocycles. The topological polar surface area (TPSA) is 97.0 Å². The standard InChI is InChI=1S/C13H23N3O5/c1-10(17)15-11(13(19)20-2)9-14-4-3-12(18)16-5-7-21-8-6-16/h11,14H,3-9H2,1-2H3,(H,15,17). The molecule has 0 spiro atoms. The van der Waals surface area contributed by atoms with E-state index in [1.54, 1.807) is 4.90 Å². The number of carbonyl (C=O) groups is 3. The summed E-state index contributed by atoms with van der Waals surface area (Å²) in [5.41, 5.74) is 0. The van der Waals surface area contributed by atoms with Gasteiger partial charge in [-0.15, -0.1) is 0 Å². The molecule has 2 N–H and O–H groups in total. The van der Waals surface area contributed by atoms with Crippen LogP contribution in [0.5, 0.6) is 0 Å². The van der Waals surface area contributed by atoms with E-state index in [9.17, 15) is 14.4 Å². The summed E-state index contributed by atoms with van der Waals surface area (Å²) in [7, 11) is 1.26. The van der Waals surface area contributed by atoms with Crippen molar-refractivity contribution in [2.24, 2.45) is 0 Å². The summed E-state index contributed by atoms with van der Waals surface area (Å²) in [4.78, 5) is 36.1. The van der Waals surface area contributed by atoms with Crippen LogP contribution in [-0.2, 0) is 23.9 Å². The summed E-state index contributed by atoms with van der Waals surface area (Å²) >= 11 is 0. The van der Waals surface area contributed by atoms with E-state index in [-0.39, 0.29) is 18.4 Å². The zero-order valence-corrected chi connectivity index (χ0v) is 12.5. The van der Waals surface area contributed by atoms with Gasteiger partial charge in [0.2, 0.25) is 11.8 Å². The lowest BCUT2D eigenvalue weighted by molar-refractivity contribution is -0.144. The van der Waals surface area contributed by atoms with E-state index < -0.39 is 12.0 Å². The molecule has 1 heterocycles. The third-order valence-electron chi connectivity index (χ3n) is 3.09. The lowest BCUT2D eigenvalue weighted by Gasteiger charge is -2.27. The number of ether oxygens (including phenoxy) is 2. The van der Waals surface area contributed by atoms with Crippen LogP contribution in [0.15, 0.2) is 0 Å². The van der Waals surface area contributed by atoms with E-state index in [2.05, 4.69) is 15.4 Å². The first-order valence-electron chi connectivity index (χ1n) is 6.95. The van der Waals surface area contributed by atoms with Gasteiger partial charge in [0.15, 0.2) is 0 Å². The van der Waals surface area contributed by atoms with Crippen molar-refractivity contribution in [3.63, 3.8) is 0 Å². The number of rotatable bonds is 7. The van der Waals surface area contributed by atoms with E-state index in [1.807, 2.05) is 0 Å². The molecule has 120 valence electrons. The number of methoxy groups -OCH3 is 1. The molecule has 1 aliphatic rings. The number of carbonyl (C=O) groups excluding carboxylic acids is 3. The van der Waals surface area contributed by atoms with Gasteiger partial charge in [-0.2, -0.15) is 0 Å². The first kappa shape index (κ1) is 17.4. The smallest absolute Gasteiger partial charge is 0.329 e. The van der Waals surface area contributed by atoms with Crippen molar-refractivity contribution >= 4 is 17.8 Å². The molecule has 2 amide bonds. The maximum absolute atomic E-state index is 11.9. The van der Waals surface area contributed by atoms with Gasteiger partial charge in [-0.05, 0) is 0 Å². The number of nitrogens with one attached hydrogen (secondary N) is 2. The van der Waals surface area contributed by atoms with E-state index in [1.165, 1.54) is 14.0 Å². The lowest BCUT2D eigenvalue weighted by atomic mass is 10.2. The Bertz CT molecular complexity index is 369. The van der Waals surface area contributed by atoms with Crippen LogP contribution in [0.25, 0.3) is 0 Å². The fourth-order valence-corrected chi connectivity index (χ4v) is 1.99. The van der Waals surface area contributed by atoms with Gasteiger partial charge in [0, 0.05) is 39.5 Å². The molecule has 1 aliphatic heterocycles. The van der Waals surface area contributed by atoms with Gasteiger partial charge in [-0.25, -0.2) is 4.79 Å². The van der Waals surface area contributed by atoms with E-state index in [0.29, 0.717) is 39.3 Å². The summed E-state index contributed by atoms with van der Waals surface area (Å²) < 4.78 is 9.79. The zero-order valence-electron chi connectivity index (χ0n) is 12.5. The predicted molar refractivity (Wildman–Crippen MR) is 74.5 cm³/mol. The maximum Gasteiger partial charge on any atom is 0.329 e. The third-order valence-corrected chi connectivity index (χ3v) is 3.09.